The molecule has 2 heterocycles. The number of hydrogen-bond donors (Lipinski definition) is 2. The van der Waals surface area contributed by atoms with Crippen molar-refractivity contribution in [2.24, 2.45) is 5.10 Å². The van der Waals surface area contributed by atoms with Crippen molar-refractivity contribution in [2.45, 2.75) is 6.54 Å². The van der Waals surface area contributed by atoms with Crippen LogP contribution in [-0.4, -0.2) is 18.0 Å². The first kappa shape index (κ1) is 13.0. The van der Waals surface area contributed by atoms with E-state index in [9.17, 15) is 9.59 Å². The number of furan rings is 1. The van der Waals surface area contributed by atoms with E-state index in [1.54, 1.807) is 12.1 Å². The van der Waals surface area contributed by atoms with Gasteiger partial charge < -0.3 is 9.73 Å². The van der Waals surface area contributed by atoms with Crippen molar-refractivity contribution >= 4 is 29.4 Å². The van der Waals surface area contributed by atoms with Crippen LogP contribution in [0.15, 0.2) is 45.4 Å². The molecule has 0 radical (unpaired) electrons. The predicted molar refractivity (Wildman–Crippen MR) is 70.6 cm³/mol. The minimum absolute atomic E-state index is 0.161. The van der Waals surface area contributed by atoms with Crippen LogP contribution in [0.3, 0.4) is 0 Å². The molecule has 0 bridgehead atoms. The van der Waals surface area contributed by atoms with E-state index < -0.39 is 11.8 Å². The second-order valence-electron chi connectivity index (χ2n) is 3.48. The number of hydrogen-bond acceptors (Lipinski definition) is 5. The third-order valence-electron chi connectivity index (χ3n) is 2.11. The molecular formula is C12H11N3O3S. The molecule has 19 heavy (non-hydrogen) atoms. The Morgan fingerprint density at radius 3 is 2.89 bits per heavy atom. The summed E-state index contributed by atoms with van der Waals surface area (Å²) in [6.07, 6.45) is 2.97. The molecule has 0 aliphatic heterocycles. The number of carbonyl (C=O) groups excluding carboxylic acids is 2. The monoisotopic (exact) mass is 277 g/mol. The lowest BCUT2D eigenvalue weighted by atomic mass is 10.4. The van der Waals surface area contributed by atoms with E-state index in [1.807, 2.05) is 17.5 Å². The van der Waals surface area contributed by atoms with Crippen LogP contribution in [0, 0.1) is 0 Å². The minimum atomic E-state index is -0.820. The molecule has 0 saturated carbocycles. The van der Waals surface area contributed by atoms with E-state index in [1.165, 1.54) is 23.8 Å². The molecule has 0 fully saturated rings. The summed E-state index contributed by atoms with van der Waals surface area (Å²) in [4.78, 5) is 23.6. The summed E-state index contributed by atoms with van der Waals surface area (Å²) in [5.74, 6) is -1.01. The van der Waals surface area contributed by atoms with E-state index >= 15 is 0 Å². The highest BCUT2D eigenvalue weighted by Crippen LogP contribution is 2.04. The first-order valence-electron chi connectivity index (χ1n) is 5.43. The van der Waals surface area contributed by atoms with Crippen LogP contribution >= 0.6 is 11.3 Å². The van der Waals surface area contributed by atoms with Crippen molar-refractivity contribution in [3.05, 3.63) is 46.5 Å². The van der Waals surface area contributed by atoms with Crippen LogP contribution in [0.5, 0.6) is 0 Å². The zero-order valence-electron chi connectivity index (χ0n) is 9.83. The molecule has 98 valence electrons. The van der Waals surface area contributed by atoms with Crippen molar-refractivity contribution in [1.29, 1.82) is 0 Å². The number of carbonyl (C=O) groups is 2. The van der Waals surface area contributed by atoms with Gasteiger partial charge in [-0.2, -0.15) is 5.10 Å². The third-order valence-corrected chi connectivity index (χ3v) is 2.92. The minimum Gasteiger partial charge on any atom is -0.467 e. The highest BCUT2D eigenvalue weighted by atomic mass is 32.1. The van der Waals surface area contributed by atoms with Crippen molar-refractivity contribution < 1.29 is 14.0 Å². The first-order valence-corrected chi connectivity index (χ1v) is 6.31. The van der Waals surface area contributed by atoms with Gasteiger partial charge in [0.2, 0.25) is 0 Å². The maximum atomic E-state index is 11.4. The van der Waals surface area contributed by atoms with Crippen LogP contribution in [0.4, 0.5) is 0 Å². The van der Waals surface area contributed by atoms with Gasteiger partial charge in [0.05, 0.1) is 19.0 Å². The molecule has 6 nitrogen and oxygen atoms in total. The number of amides is 2. The van der Waals surface area contributed by atoms with E-state index in [0.29, 0.717) is 5.76 Å². The van der Waals surface area contributed by atoms with Crippen LogP contribution in [0.1, 0.15) is 10.6 Å². The fourth-order valence-electron chi connectivity index (χ4n) is 1.23. The Bertz CT molecular complexity index is 561. The quantitative estimate of drug-likeness (QED) is 0.499. The number of nitrogens with zero attached hydrogens (tertiary/aromatic N) is 1. The van der Waals surface area contributed by atoms with Crippen molar-refractivity contribution in [3.63, 3.8) is 0 Å². The van der Waals surface area contributed by atoms with Crippen LogP contribution in [0.2, 0.25) is 0 Å². The summed E-state index contributed by atoms with van der Waals surface area (Å²) in [6.45, 7) is 0.161. The molecule has 2 amide bonds. The van der Waals surface area contributed by atoms with Gasteiger partial charge in [0, 0.05) is 4.88 Å². The molecule has 0 aliphatic carbocycles. The maximum absolute atomic E-state index is 11.4. The van der Waals surface area contributed by atoms with Crippen LogP contribution in [0.25, 0.3) is 0 Å². The van der Waals surface area contributed by atoms with Crippen LogP contribution in [-0.2, 0) is 16.1 Å². The Hall–Kier alpha value is -2.41. The summed E-state index contributed by atoms with van der Waals surface area (Å²) in [6, 6.07) is 7.11. The van der Waals surface area contributed by atoms with Crippen molar-refractivity contribution in [3.8, 4) is 0 Å². The number of nitrogens with one attached hydrogen (secondary N) is 2. The second kappa shape index (κ2) is 6.50. The zero-order chi connectivity index (χ0) is 13.5. The van der Waals surface area contributed by atoms with Gasteiger partial charge in [-0.15, -0.1) is 11.3 Å². The average molecular weight is 277 g/mol. The van der Waals surface area contributed by atoms with E-state index in [0.717, 1.165) is 4.88 Å². The summed E-state index contributed by atoms with van der Waals surface area (Å²) < 4.78 is 5.02. The Labute approximate surface area is 113 Å². The summed E-state index contributed by atoms with van der Waals surface area (Å²) >= 11 is 1.48. The Morgan fingerprint density at radius 2 is 2.21 bits per heavy atom. The third kappa shape index (κ3) is 4.07. The topological polar surface area (TPSA) is 83.7 Å². The second-order valence-corrected chi connectivity index (χ2v) is 4.46. The van der Waals surface area contributed by atoms with Gasteiger partial charge in [0.15, 0.2) is 0 Å². The molecule has 0 unspecified atom stereocenters. The van der Waals surface area contributed by atoms with Gasteiger partial charge in [-0.1, -0.05) is 6.07 Å². The van der Waals surface area contributed by atoms with Gasteiger partial charge in [0.1, 0.15) is 5.76 Å². The van der Waals surface area contributed by atoms with Gasteiger partial charge in [-0.3, -0.25) is 9.59 Å². The van der Waals surface area contributed by atoms with Gasteiger partial charge in [-0.05, 0) is 23.6 Å². The fourth-order valence-corrected chi connectivity index (χ4v) is 1.82. The molecular weight excluding hydrogens is 266 g/mol. The Kier molecular flexibility index (Phi) is 4.46. The molecule has 0 aliphatic rings. The first-order chi connectivity index (χ1) is 9.25. The van der Waals surface area contributed by atoms with Gasteiger partial charge in [0.25, 0.3) is 0 Å². The van der Waals surface area contributed by atoms with E-state index in [-0.39, 0.29) is 6.54 Å². The molecule has 2 aromatic rings. The molecule has 0 saturated heterocycles. The summed E-state index contributed by atoms with van der Waals surface area (Å²) in [5, 5.41) is 7.98. The molecule has 0 aromatic carbocycles. The standard InChI is InChI=1S/C12H11N3O3S/c16-11(13-7-9-3-1-5-18-9)12(17)15-14-8-10-4-2-6-19-10/h1-6,8H,7H2,(H,13,16)(H,15,17)/b14-8+. The fraction of sp³-hybridized carbons (Fsp3) is 0.0833. The smallest absolute Gasteiger partial charge is 0.329 e. The Morgan fingerprint density at radius 1 is 1.32 bits per heavy atom. The predicted octanol–water partition coefficient (Wildman–Crippen LogP) is 1.11. The van der Waals surface area contributed by atoms with Crippen LogP contribution < -0.4 is 10.7 Å². The molecule has 2 N–H and O–H groups in total. The zero-order valence-corrected chi connectivity index (χ0v) is 10.6. The molecule has 0 spiro atoms. The van der Waals surface area contributed by atoms with Gasteiger partial charge in [-0.25, -0.2) is 5.43 Å². The maximum Gasteiger partial charge on any atom is 0.329 e. The number of rotatable bonds is 4. The summed E-state index contributed by atoms with van der Waals surface area (Å²) in [7, 11) is 0. The lowest BCUT2D eigenvalue weighted by Crippen LogP contribution is -2.37. The molecule has 2 aromatic heterocycles. The molecule has 7 heteroatoms. The number of thiophene rings is 1. The molecule has 0 atom stereocenters. The number of hydrazone groups is 1. The normalized spacial score (nSPS) is 10.5. The highest BCUT2D eigenvalue weighted by Gasteiger charge is 2.12. The summed E-state index contributed by atoms with van der Waals surface area (Å²) in [5.41, 5.74) is 2.15. The lowest BCUT2D eigenvalue weighted by molar-refractivity contribution is -0.139. The van der Waals surface area contributed by atoms with Gasteiger partial charge >= 0.3 is 11.8 Å². The van der Waals surface area contributed by atoms with Crippen molar-refractivity contribution in [2.75, 3.05) is 0 Å². The average Bonchev–Trinajstić information content (AvgIpc) is 3.08. The van der Waals surface area contributed by atoms with E-state index in [4.69, 9.17) is 4.42 Å². The van der Waals surface area contributed by atoms with Crippen molar-refractivity contribution in [1.82, 2.24) is 10.7 Å². The SMILES string of the molecule is O=C(NCc1ccco1)C(=O)N/N=C/c1cccs1. The van der Waals surface area contributed by atoms with E-state index in [2.05, 4.69) is 15.8 Å². The Balaban J connectivity index is 1.75. The lowest BCUT2D eigenvalue weighted by Gasteiger charge is -2.01. The largest absolute Gasteiger partial charge is 0.467 e. The highest BCUT2D eigenvalue weighted by molar-refractivity contribution is 7.11. The molecule has 2 rings (SSSR count).